The van der Waals surface area contributed by atoms with Gasteiger partial charge in [0.05, 0.1) is 0 Å². The molecule has 0 radical (unpaired) electrons. The van der Waals surface area contributed by atoms with Gasteiger partial charge in [-0.3, -0.25) is 0 Å². The quantitative estimate of drug-likeness (QED) is 0.524. The molecule has 0 unspecified atom stereocenters. The highest BCUT2D eigenvalue weighted by atomic mass is 28.3. The van der Waals surface area contributed by atoms with E-state index in [0.29, 0.717) is 0 Å². The monoisotopic (exact) mass is 138 g/mol. The third kappa shape index (κ3) is 1.68. The summed E-state index contributed by atoms with van der Waals surface area (Å²) in [6, 6.07) is 1.13. The molecule has 0 amide bonds. The zero-order valence-electron chi connectivity index (χ0n) is 6.06. The molecule has 0 aliphatic heterocycles. The second kappa shape index (κ2) is 3.46. The standard InChI is InChI=1S/C8H14Si/c1-5-9(6-2,7-3)8-4/h5-7H,1-3,8H2,4H3. The molecule has 0 aromatic rings. The highest BCUT2D eigenvalue weighted by Gasteiger charge is 2.17. The van der Waals surface area contributed by atoms with E-state index in [1.54, 1.807) is 0 Å². The maximum atomic E-state index is 3.76. The molecule has 0 aromatic carbocycles. The maximum Gasteiger partial charge on any atom is 0.124 e. The highest BCUT2D eigenvalue weighted by molar-refractivity contribution is 6.92. The van der Waals surface area contributed by atoms with Gasteiger partial charge in [-0.1, -0.05) is 24.0 Å². The largest absolute Gasteiger partial charge is 0.124 e. The Bertz CT molecular complexity index is 103. The first-order valence-electron chi connectivity index (χ1n) is 3.15. The van der Waals surface area contributed by atoms with Gasteiger partial charge >= 0.3 is 0 Å². The van der Waals surface area contributed by atoms with Crippen LogP contribution in [0.1, 0.15) is 6.92 Å². The van der Waals surface area contributed by atoms with Crippen LogP contribution in [0.5, 0.6) is 0 Å². The molecule has 0 aromatic heterocycles. The number of hydrogen-bond acceptors (Lipinski definition) is 0. The van der Waals surface area contributed by atoms with Gasteiger partial charge in [-0.25, -0.2) is 0 Å². The molecule has 0 saturated heterocycles. The van der Waals surface area contributed by atoms with E-state index in [2.05, 4.69) is 26.7 Å². The van der Waals surface area contributed by atoms with Gasteiger partial charge < -0.3 is 0 Å². The van der Waals surface area contributed by atoms with Gasteiger partial charge in [0, 0.05) is 0 Å². The predicted molar refractivity (Wildman–Crippen MR) is 46.8 cm³/mol. The van der Waals surface area contributed by atoms with Crippen molar-refractivity contribution in [2.24, 2.45) is 0 Å². The molecule has 0 aliphatic rings. The van der Waals surface area contributed by atoms with E-state index in [-0.39, 0.29) is 0 Å². The second-order valence-corrected chi connectivity index (χ2v) is 6.23. The summed E-state index contributed by atoms with van der Waals surface area (Å²) in [5, 5.41) is 0. The zero-order valence-corrected chi connectivity index (χ0v) is 7.06. The van der Waals surface area contributed by atoms with Crippen LogP contribution in [0.15, 0.2) is 36.8 Å². The first kappa shape index (κ1) is 8.44. The summed E-state index contributed by atoms with van der Waals surface area (Å²) >= 11 is 0. The first-order chi connectivity index (χ1) is 4.24. The Morgan fingerprint density at radius 2 is 1.44 bits per heavy atom. The van der Waals surface area contributed by atoms with Gasteiger partial charge in [-0.2, -0.15) is 0 Å². The van der Waals surface area contributed by atoms with Crippen molar-refractivity contribution >= 4 is 8.07 Å². The summed E-state index contributed by atoms with van der Waals surface area (Å²) < 4.78 is 0. The Balaban J connectivity index is 4.34. The zero-order chi connectivity index (χ0) is 7.33. The molecule has 0 atom stereocenters. The SMILES string of the molecule is C=C[Si](C=C)(C=C)CC. The molecule has 9 heavy (non-hydrogen) atoms. The number of rotatable bonds is 4. The van der Waals surface area contributed by atoms with Gasteiger partial charge in [0.1, 0.15) is 8.07 Å². The van der Waals surface area contributed by atoms with E-state index in [0.717, 1.165) is 6.04 Å². The molecule has 1 heteroatoms. The normalized spacial score (nSPS) is 10.3. The molecule has 0 nitrogen and oxygen atoms in total. The van der Waals surface area contributed by atoms with Crippen LogP contribution < -0.4 is 0 Å². The van der Waals surface area contributed by atoms with Crippen molar-refractivity contribution in [3.63, 3.8) is 0 Å². The lowest BCUT2D eigenvalue weighted by Crippen LogP contribution is -2.24. The molecule has 0 heterocycles. The Morgan fingerprint density at radius 1 is 1.11 bits per heavy atom. The number of hydrogen-bond donors (Lipinski definition) is 0. The molecule has 0 rings (SSSR count). The van der Waals surface area contributed by atoms with Crippen LogP contribution >= 0.6 is 0 Å². The molecular weight excluding hydrogens is 124 g/mol. The lowest BCUT2D eigenvalue weighted by molar-refractivity contribution is 1.41. The highest BCUT2D eigenvalue weighted by Crippen LogP contribution is 2.11. The van der Waals surface area contributed by atoms with E-state index in [4.69, 9.17) is 0 Å². The molecule has 50 valence electrons. The Morgan fingerprint density at radius 3 is 1.44 bits per heavy atom. The van der Waals surface area contributed by atoms with Crippen LogP contribution in [0.3, 0.4) is 0 Å². The molecule has 0 aliphatic carbocycles. The Kier molecular flexibility index (Phi) is 3.24. The lowest BCUT2D eigenvalue weighted by Gasteiger charge is -2.15. The van der Waals surface area contributed by atoms with Crippen LogP contribution in [0.2, 0.25) is 6.04 Å². The van der Waals surface area contributed by atoms with Crippen LogP contribution in [-0.2, 0) is 0 Å². The maximum absolute atomic E-state index is 3.76. The van der Waals surface area contributed by atoms with Crippen molar-refractivity contribution < 1.29 is 0 Å². The topological polar surface area (TPSA) is 0 Å². The van der Waals surface area contributed by atoms with Crippen LogP contribution in [0.4, 0.5) is 0 Å². The van der Waals surface area contributed by atoms with E-state index in [9.17, 15) is 0 Å². The Hall–Kier alpha value is -0.563. The minimum atomic E-state index is -1.40. The fourth-order valence-corrected chi connectivity index (χ4v) is 2.05. The van der Waals surface area contributed by atoms with E-state index in [1.165, 1.54) is 0 Å². The van der Waals surface area contributed by atoms with E-state index in [1.807, 2.05) is 17.1 Å². The third-order valence-corrected chi connectivity index (χ3v) is 5.26. The average molecular weight is 138 g/mol. The molecular formula is C8H14Si. The summed E-state index contributed by atoms with van der Waals surface area (Å²) in [7, 11) is -1.40. The average Bonchev–Trinajstić information content (AvgIpc) is 1.95. The van der Waals surface area contributed by atoms with E-state index >= 15 is 0 Å². The van der Waals surface area contributed by atoms with Crippen molar-refractivity contribution in [2.45, 2.75) is 13.0 Å². The fraction of sp³-hybridized carbons (Fsp3) is 0.250. The molecule has 0 fully saturated rings. The minimum Gasteiger partial charge on any atom is -0.106 e. The van der Waals surface area contributed by atoms with Gasteiger partial charge in [-0.05, 0) is 6.04 Å². The predicted octanol–water partition coefficient (Wildman–Crippen LogP) is 2.63. The molecule has 0 N–H and O–H groups in total. The smallest absolute Gasteiger partial charge is 0.106 e. The van der Waals surface area contributed by atoms with Crippen molar-refractivity contribution in [2.75, 3.05) is 0 Å². The lowest BCUT2D eigenvalue weighted by atomic mass is 11.0. The third-order valence-electron chi connectivity index (χ3n) is 1.75. The van der Waals surface area contributed by atoms with Crippen molar-refractivity contribution in [3.05, 3.63) is 36.8 Å². The fourth-order valence-electron chi connectivity index (χ4n) is 0.683. The summed E-state index contributed by atoms with van der Waals surface area (Å²) in [5.74, 6) is 0. The van der Waals surface area contributed by atoms with Crippen LogP contribution in [0, 0.1) is 0 Å². The van der Waals surface area contributed by atoms with Gasteiger partial charge in [0.25, 0.3) is 0 Å². The molecule has 0 bridgehead atoms. The van der Waals surface area contributed by atoms with Gasteiger partial charge in [0.2, 0.25) is 0 Å². The molecule has 0 spiro atoms. The van der Waals surface area contributed by atoms with Gasteiger partial charge in [-0.15, -0.1) is 19.7 Å². The van der Waals surface area contributed by atoms with Crippen molar-refractivity contribution in [1.82, 2.24) is 0 Å². The summed E-state index contributed by atoms with van der Waals surface area (Å²) in [4.78, 5) is 0. The van der Waals surface area contributed by atoms with Gasteiger partial charge in [0.15, 0.2) is 0 Å². The molecule has 0 saturated carbocycles. The summed E-state index contributed by atoms with van der Waals surface area (Å²) in [5.41, 5.74) is 6.02. The van der Waals surface area contributed by atoms with Crippen molar-refractivity contribution in [3.8, 4) is 0 Å². The summed E-state index contributed by atoms with van der Waals surface area (Å²) in [6.07, 6.45) is 0. The Labute approximate surface area is 58.6 Å². The summed E-state index contributed by atoms with van der Waals surface area (Å²) in [6.45, 7) is 13.4. The van der Waals surface area contributed by atoms with Crippen LogP contribution in [-0.4, -0.2) is 8.07 Å². The first-order valence-corrected chi connectivity index (χ1v) is 5.59. The van der Waals surface area contributed by atoms with E-state index < -0.39 is 8.07 Å². The second-order valence-electron chi connectivity index (χ2n) is 2.08. The minimum absolute atomic E-state index is 1.13. The van der Waals surface area contributed by atoms with Crippen molar-refractivity contribution in [1.29, 1.82) is 0 Å². The van der Waals surface area contributed by atoms with Crippen LogP contribution in [0.25, 0.3) is 0 Å².